The summed E-state index contributed by atoms with van der Waals surface area (Å²) in [5.74, 6) is 0.694. The molecule has 0 aromatic heterocycles. The zero-order valence-electron chi connectivity index (χ0n) is 14.7. The van der Waals surface area contributed by atoms with Crippen molar-refractivity contribution in [2.75, 3.05) is 32.9 Å². The molecule has 0 heterocycles. The highest BCUT2D eigenvalue weighted by molar-refractivity contribution is 5.79. The summed E-state index contributed by atoms with van der Waals surface area (Å²) in [5, 5.41) is 6.31. The van der Waals surface area contributed by atoms with Gasteiger partial charge in [0.1, 0.15) is 6.61 Å². The highest BCUT2D eigenvalue weighted by Gasteiger charge is 2.27. The molecule has 0 aliphatic carbocycles. The van der Waals surface area contributed by atoms with Crippen LogP contribution in [0.2, 0.25) is 0 Å². The summed E-state index contributed by atoms with van der Waals surface area (Å²) in [4.78, 5) is 4.46. The summed E-state index contributed by atoms with van der Waals surface area (Å²) in [6.45, 7) is 5.77. The molecule has 1 aromatic carbocycles. The average Bonchev–Trinajstić information content (AvgIpc) is 2.56. The molecule has 1 rings (SSSR count). The summed E-state index contributed by atoms with van der Waals surface area (Å²) < 4.78 is 46.0. The molecule has 5 nitrogen and oxygen atoms in total. The second kappa shape index (κ2) is 11.7. The fourth-order valence-electron chi connectivity index (χ4n) is 1.92. The predicted octanol–water partition coefficient (Wildman–Crippen LogP) is 2.86. The Morgan fingerprint density at radius 3 is 2.32 bits per heavy atom. The van der Waals surface area contributed by atoms with Gasteiger partial charge < -0.3 is 20.1 Å². The van der Waals surface area contributed by atoms with E-state index in [4.69, 9.17) is 4.74 Å². The number of guanidine groups is 1. The number of halogens is 3. The molecule has 0 bridgehead atoms. The lowest BCUT2D eigenvalue weighted by Gasteiger charge is -2.11. The van der Waals surface area contributed by atoms with Crippen molar-refractivity contribution in [2.24, 2.45) is 4.99 Å². The second-order valence-electron chi connectivity index (χ2n) is 5.24. The maximum Gasteiger partial charge on any atom is 0.411 e. The Kier molecular flexibility index (Phi) is 9.94. The van der Waals surface area contributed by atoms with Crippen LogP contribution in [0.3, 0.4) is 0 Å². The molecule has 0 aliphatic heterocycles. The van der Waals surface area contributed by atoms with E-state index in [0.717, 1.165) is 12.1 Å². The Labute approximate surface area is 146 Å². The Morgan fingerprint density at radius 1 is 1.04 bits per heavy atom. The topological polar surface area (TPSA) is 54.9 Å². The van der Waals surface area contributed by atoms with Crippen LogP contribution in [-0.2, 0) is 22.6 Å². The van der Waals surface area contributed by atoms with E-state index in [1.54, 1.807) is 12.1 Å². The lowest BCUT2D eigenvalue weighted by molar-refractivity contribution is -0.176. The largest absolute Gasteiger partial charge is 0.411 e. The fraction of sp³-hybridized carbons (Fsp3) is 0.588. The number of aliphatic imine (C=N–C) groups is 1. The molecule has 0 fully saturated rings. The first-order valence-corrected chi connectivity index (χ1v) is 8.26. The van der Waals surface area contributed by atoms with Gasteiger partial charge in [0.15, 0.2) is 5.96 Å². The van der Waals surface area contributed by atoms with Crippen molar-refractivity contribution in [3.8, 4) is 0 Å². The molecule has 0 atom stereocenters. The third-order valence-corrected chi connectivity index (χ3v) is 3.06. The summed E-state index contributed by atoms with van der Waals surface area (Å²) in [6, 6.07) is 7.16. The summed E-state index contributed by atoms with van der Waals surface area (Å²) in [7, 11) is 0. The first-order valence-electron chi connectivity index (χ1n) is 8.26. The van der Waals surface area contributed by atoms with Crippen molar-refractivity contribution in [2.45, 2.75) is 33.2 Å². The van der Waals surface area contributed by atoms with Crippen LogP contribution >= 0.6 is 0 Å². The minimum Gasteiger partial charge on any atom is -0.380 e. The van der Waals surface area contributed by atoms with Crippen LogP contribution in [0.4, 0.5) is 13.2 Å². The van der Waals surface area contributed by atoms with Gasteiger partial charge in [0.2, 0.25) is 0 Å². The zero-order valence-corrected chi connectivity index (χ0v) is 14.7. The quantitative estimate of drug-likeness (QED) is 0.382. The van der Waals surface area contributed by atoms with Gasteiger partial charge in [0, 0.05) is 19.7 Å². The van der Waals surface area contributed by atoms with E-state index in [9.17, 15) is 13.2 Å². The van der Waals surface area contributed by atoms with Gasteiger partial charge in [-0.05, 0) is 25.0 Å². The van der Waals surface area contributed by atoms with Crippen molar-refractivity contribution in [1.82, 2.24) is 10.6 Å². The van der Waals surface area contributed by atoms with Crippen molar-refractivity contribution in [3.05, 3.63) is 35.4 Å². The third kappa shape index (κ3) is 10.6. The normalized spacial score (nSPS) is 12.3. The highest BCUT2D eigenvalue weighted by Crippen LogP contribution is 2.15. The first kappa shape index (κ1) is 21.2. The van der Waals surface area contributed by atoms with E-state index in [2.05, 4.69) is 20.4 Å². The van der Waals surface area contributed by atoms with E-state index in [0.29, 0.717) is 37.8 Å². The van der Waals surface area contributed by atoms with Gasteiger partial charge in [-0.15, -0.1) is 0 Å². The van der Waals surface area contributed by atoms with Crippen LogP contribution < -0.4 is 10.6 Å². The van der Waals surface area contributed by atoms with Crippen LogP contribution in [0.25, 0.3) is 0 Å². The molecule has 0 aliphatic rings. The van der Waals surface area contributed by atoms with Crippen molar-refractivity contribution >= 4 is 5.96 Å². The van der Waals surface area contributed by atoms with Gasteiger partial charge >= 0.3 is 6.18 Å². The average molecular weight is 361 g/mol. The van der Waals surface area contributed by atoms with E-state index >= 15 is 0 Å². The van der Waals surface area contributed by atoms with Gasteiger partial charge in [-0.1, -0.05) is 24.3 Å². The van der Waals surface area contributed by atoms with Crippen LogP contribution in [0, 0.1) is 0 Å². The lowest BCUT2D eigenvalue weighted by Crippen LogP contribution is -2.39. The Bertz CT molecular complexity index is 505. The van der Waals surface area contributed by atoms with Crippen LogP contribution in [0.15, 0.2) is 29.3 Å². The molecule has 8 heteroatoms. The Balaban J connectivity index is 2.45. The fourth-order valence-corrected chi connectivity index (χ4v) is 1.92. The molecule has 0 spiro atoms. The molecule has 0 amide bonds. The van der Waals surface area contributed by atoms with Crippen LogP contribution in [0.1, 0.15) is 25.0 Å². The Hall–Kier alpha value is -1.80. The number of ether oxygens (including phenoxy) is 2. The van der Waals surface area contributed by atoms with E-state index in [1.165, 1.54) is 0 Å². The van der Waals surface area contributed by atoms with E-state index in [1.807, 2.05) is 26.0 Å². The number of nitrogens with zero attached hydrogens (tertiary/aromatic N) is 1. The molecule has 1 aromatic rings. The molecule has 0 radical (unpaired) electrons. The van der Waals surface area contributed by atoms with Crippen molar-refractivity contribution in [1.29, 1.82) is 0 Å². The highest BCUT2D eigenvalue weighted by atomic mass is 19.4. The summed E-state index contributed by atoms with van der Waals surface area (Å²) in [6.07, 6.45) is -4.30. The van der Waals surface area contributed by atoms with E-state index < -0.39 is 12.8 Å². The van der Waals surface area contributed by atoms with Gasteiger partial charge in [-0.2, -0.15) is 13.2 Å². The molecule has 0 saturated heterocycles. The molecule has 2 N–H and O–H groups in total. The minimum atomic E-state index is -4.30. The number of alkyl halides is 3. The standard InChI is InChI=1S/C17H26F3N3O2/c1-3-21-16(22-9-10-24-4-2)23-11-14-5-7-15(8-6-14)12-25-13-17(18,19)20/h5-8H,3-4,9-13H2,1-2H3,(H2,21,22,23). The molecule has 142 valence electrons. The SMILES string of the molecule is CCNC(=NCc1ccc(COCC(F)(F)F)cc1)NCCOCC. The van der Waals surface area contributed by atoms with Crippen LogP contribution in [-0.4, -0.2) is 45.0 Å². The number of rotatable bonds is 10. The zero-order chi connectivity index (χ0) is 18.5. The number of nitrogens with one attached hydrogen (secondary N) is 2. The minimum absolute atomic E-state index is 0.0648. The Morgan fingerprint density at radius 2 is 1.72 bits per heavy atom. The molecular weight excluding hydrogens is 335 g/mol. The summed E-state index contributed by atoms with van der Waals surface area (Å²) in [5.41, 5.74) is 1.65. The molecule has 25 heavy (non-hydrogen) atoms. The van der Waals surface area contributed by atoms with Gasteiger partial charge in [0.25, 0.3) is 0 Å². The molecular formula is C17H26F3N3O2. The summed E-state index contributed by atoms with van der Waals surface area (Å²) >= 11 is 0. The van der Waals surface area contributed by atoms with E-state index in [-0.39, 0.29) is 6.61 Å². The molecule has 0 unspecified atom stereocenters. The van der Waals surface area contributed by atoms with Crippen molar-refractivity contribution < 1.29 is 22.6 Å². The van der Waals surface area contributed by atoms with Gasteiger partial charge in [-0.25, -0.2) is 4.99 Å². The lowest BCUT2D eigenvalue weighted by atomic mass is 10.1. The third-order valence-electron chi connectivity index (χ3n) is 3.06. The molecule has 0 saturated carbocycles. The smallest absolute Gasteiger partial charge is 0.380 e. The number of hydrogen-bond donors (Lipinski definition) is 2. The maximum atomic E-state index is 12.0. The number of benzene rings is 1. The van der Waals surface area contributed by atoms with Gasteiger partial charge in [0.05, 0.1) is 19.8 Å². The predicted molar refractivity (Wildman–Crippen MR) is 91.5 cm³/mol. The monoisotopic (exact) mass is 361 g/mol. The van der Waals surface area contributed by atoms with Gasteiger partial charge in [-0.3, -0.25) is 0 Å². The number of hydrogen-bond acceptors (Lipinski definition) is 3. The first-order chi connectivity index (χ1) is 11.9. The maximum absolute atomic E-state index is 12.0. The van der Waals surface area contributed by atoms with Crippen LogP contribution in [0.5, 0.6) is 0 Å². The van der Waals surface area contributed by atoms with Crippen molar-refractivity contribution in [3.63, 3.8) is 0 Å². The second-order valence-corrected chi connectivity index (χ2v) is 5.24.